The number of methoxy groups -OCH3 is 2. The molecule has 7 heteroatoms. The van der Waals surface area contributed by atoms with E-state index >= 15 is 0 Å². The highest BCUT2D eigenvalue weighted by molar-refractivity contribution is 5.93. The van der Waals surface area contributed by atoms with Gasteiger partial charge >= 0.3 is 0 Å². The Morgan fingerprint density at radius 3 is 2.58 bits per heavy atom. The summed E-state index contributed by atoms with van der Waals surface area (Å²) >= 11 is 0. The molecule has 3 rings (SSSR count). The topological polar surface area (TPSA) is 89.1 Å². The standard InChI is InChI=1S/C19H20N4O3/c1-25-17-4-3-14(11-18(17)26-2)15-12-16(23-22-15)19(24)21-10-7-13-5-8-20-9-6-13/h3-6,8-9,11-12H,7,10H2,1-2H3,(H,21,24)(H,22,23). The summed E-state index contributed by atoms with van der Waals surface area (Å²) in [4.78, 5) is 16.2. The van der Waals surface area contributed by atoms with Gasteiger partial charge in [-0.1, -0.05) is 0 Å². The number of aromatic nitrogens is 3. The number of carbonyl (C=O) groups is 1. The molecule has 26 heavy (non-hydrogen) atoms. The molecule has 0 aliphatic heterocycles. The zero-order valence-electron chi connectivity index (χ0n) is 14.7. The Labute approximate surface area is 151 Å². The Kier molecular flexibility index (Phi) is 5.48. The molecule has 2 N–H and O–H groups in total. The molecule has 134 valence electrons. The summed E-state index contributed by atoms with van der Waals surface area (Å²) in [5, 5.41) is 9.87. The minimum Gasteiger partial charge on any atom is -0.493 e. The van der Waals surface area contributed by atoms with Gasteiger partial charge in [0.05, 0.1) is 19.9 Å². The third kappa shape index (κ3) is 4.00. The van der Waals surface area contributed by atoms with Gasteiger partial charge in [-0.3, -0.25) is 14.9 Å². The van der Waals surface area contributed by atoms with Gasteiger partial charge in [0.1, 0.15) is 5.69 Å². The van der Waals surface area contributed by atoms with Crippen LogP contribution in [-0.4, -0.2) is 41.9 Å². The lowest BCUT2D eigenvalue weighted by Crippen LogP contribution is -2.26. The molecule has 7 nitrogen and oxygen atoms in total. The van der Waals surface area contributed by atoms with E-state index in [-0.39, 0.29) is 5.91 Å². The molecule has 0 saturated carbocycles. The fraction of sp³-hybridized carbons (Fsp3) is 0.211. The molecule has 0 aliphatic rings. The van der Waals surface area contributed by atoms with Crippen molar-refractivity contribution in [2.75, 3.05) is 20.8 Å². The Hall–Kier alpha value is -3.35. The van der Waals surface area contributed by atoms with E-state index in [4.69, 9.17) is 9.47 Å². The molecule has 2 heterocycles. The summed E-state index contributed by atoms with van der Waals surface area (Å²) in [6.07, 6.45) is 4.22. The number of ether oxygens (including phenoxy) is 2. The average Bonchev–Trinajstić information content (AvgIpc) is 3.18. The number of rotatable bonds is 7. The van der Waals surface area contributed by atoms with Crippen molar-refractivity contribution >= 4 is 5.91 Å². The minimum atomic E-state index is -0.196. The van der Waals surface area contributed by atoms with Crippen LogP contribution < -0.4 is 14.8 Å². The van der Waals surface area contributed by atoms with Crippen molar-refractivity contribution in [1.29, 1.82) is 0 Å². The molecule has 0 spiro atoms. The number of aromatic amines is 1. The highest BCUT2D eigenvalue weighted by atomic mass is 16.5. The van der Waals surface area contributed by atoms with Crippen LogP contribution in [0.25, 0.3) is 11.3 Å². The summed E-state index contributed by atoms with van der Waals surface area (Å²) in [6, 6.07) is 11.1. The van der Waals surface area contributed by atoms with Crippen LogP contribution in [-0.2, 0) is 6.42 Å². The van der Waals surface area contributed by atoms with Gasteiger partial charge in [-0.05, 0) is 48.4 Å². The van der Waals surface area contributed by atoms with Gasteiger partial charge in [-0.15, -0.1) is 0 Å². The lowest BCUT2D eigenvalue weighted by molar-refractivity contribution is 0.0949. The molecular weight excluding hydrogens is 332 g/mol. The second-order valence-corrected chi connectivity index (χ2v) is 5.60. The van der Waals surface area contributed by atoms with Crippen LogP contribution in [0, 0.1) is 0 Å². The maximum absolute atomic E-state index is 12.3. The summed E-state index contributed by atoms with van der Waals surface area (Å²) in [7, 11) is 3.16. The smallest absolute Gasteiger partial charge is 0.269 e. The predicted molar refractivity (Wildman–Crippen MR) is 97.4 cm³/mol. The molecule has 0 saturated heterocycles. The van der Waals surface area contributed by atoms with Gasteiger partial charge in [-0.2, -0.15) is 5.10 Å². The van der Waals surface area contributed by atoms with Gasteiger partial charge in [-0.25, -0.2) is 0 Å². The van der Waals surface area contributed by atoms with Crippen LogP contribution in [0.4, 0.5) is 0 Å². The summed E-state index contributed by atoms with van der Waals surface area (Å²) in [5.41, 5.74) is 3.01. The Bertz CT molecular complexity index is 878. The second kappa shape index (κ2) is 8.15. The molecule has 1 aromatic carbocycles. The van der Waals surface area contributed by atoms with Crippen molar-refractivity contribution in [3.63, 3.8) is 0 Å². The highest BCUT2D eigenvalue weighted by Gasteiger charge is 2.12. The quantitative estimate of drug-likeness (QED) is 0.682. The number of amides is 1. The molecular formula is C19H20N4O3. The lowest BCUT2D eigenvalue weighted by atomic mass is 10.1. The SMILES string of the molecule is COc1ccc(-c2cc(C(=O)NCCc3ccncc3)[nH]n2)cc1OC. The van der Waals surface area contributed by atoms with Crippen LogP contribution in [0.15, 0.2) is 48.8 Å². The zero-order chi connectivity index (χ0) is 18.4. The van der Waals surface area contributed by atoms with E-state index < -0.39 is 0 Å². The van der Waals surface area contributed by atoms with E-state index in [2.05, 4.69) is 20.5 Å². The monoisotopic (exact) mass is 352 g/mol. The van der Waals surface area contributed by atoms with E-state index in [1.54, 1.807) is 38.7 Å². The van der Waals surface area contributed by atoms with E-state index in [1.807, 2.05) is 24.3 Å². The van der Waals surface area contributed by atoms with Gasteiger partial charge < -0.3 is 14.8 Å². The van der Waals surface area contributed by atoms with Crippen molar-refractivity contribution in [1.82, 2.24) is 20.5 Å². The molecule has 0 unspecified atom stereocenters. The molecule has 0 fully saturated rings. The fourth-order valence-corrected chi connectivity index (χ4v) is 2.55. The van der Waals surface area contributed by atoms with Gasteiger partial charge in [0, 0.05) is 24.5 Å². The first-order chi connectivity index (χ1) is 12.7. The van der Waals surface area contributed by atoms with E-state index in [9.17, 15) is 4.79 Å². The molecule has 3 aromatic rings. The van der Waals surface area contributed by atoms with Crippen molar-refractivity contribution in [2.45, 2.75) is 6.42 Å². The number of pyridine rings is 1. The number of nitrogens with zero attached hydrogens (tertiary/aromatic N) is 2. The zero-order valence-corrected chi connectivity index (χ0v) is 14.7. The number of nitrogens with one attached hydrogen (secondary N) is 2. The largest absolute Gasteiger partial charge is 0.493 e. The molecule has 0 bridgehead atoms. The highest BCUT2D eigenvalue weighted by Crippen LogP contribution is 2.31. The van der Waals surface area contributed by atoms with E-state index in [0.717, 1.165) is 17.5 Å². The summed E-state index contributed by atoms with van der Waals surface area (Å²) in [6.45, 7) is 0.535. The first-order valence-electron chi connectivity index (χ1n) is 8.16. The maximum Gasteiger partial charge on any atom is 0.269 e. The van der Waals surface area contributed by atoms with Crippen LogP contribution in [0.5, 0.6) is 11.5 Å². The Balaban J connectivity index is 1.64. The second-order valence-electron chi connectivity index (χ2n) is 5.60. The molecule has 2 aromatic heterocycles. The van der Waals surface area contributed by atoms with Crippen LogP contribution in [0.3, 0.4) is 0 Å². The number of benzene rings is 1. The van der Waals surface area contributed by atoms with E-state index in [1.165, 1.54) is 0 Å². The van der Waals surface area contributed by atoms with Crippen LogP contribution in [0.1, 0.15) is 16.1 Å². The van der Waals surface area contributed by atoms with Crippen molar-refractivity contribution < 1.29 is 14.3 Å². The first-order valence-corrected chi connectivity index (χ1v) is 8.16. The number of hydrogen-bond acceptors (Lipinski definition) is 5. The molecule has 1 amide bonds. The first kappa shape index (κ1) is 17.5. The normalized spacial score (nSPS) is 10.4. The van der Waals surface area contributed by atoms with Gasteiger partial charge in [0.25, 0.3) is 5.91 Å². The fourth-order valence-electron chi connectivity index (χ4n) is 2.55. The van der Waals surface area contributed by atoms with E-state index in [0.29, 0.717) is 29.4 Å². The number of hydrogen-bond donors (Lipinski definition) is 2. The van der Waals surface area contributed by atoms with Crippen molar-refractivity contribution in [2.24, 2.45) is 0 Å². The van der Waals surface area contributed by atoms with Crippen molar-refractivity contribution in [3.05, 3.63) is 60.0 Å². The minimum absolute atomic E-state index is 0.196. The number of carbonyl (C=O) groups excluding carboxylic acids is 1. The van der Waals surface area contributed by atoms with Crippen LogP contribution >= 0.6 is 0 Å². The Morgan fingerprint density at radius 2 is 1.85 bits per heavy atom. The summed E-state index contributed by atoms with van der Waals surface area (Å²) < 4.78 is 10.5. The van der Waals surface area contributed by atoms with Gasteiger partial charge in [0.2, 0.25) is 0 Å². The van der Waals surface area contributed by atoms with Crippen molar-refractivity contribution in [3.8, 4) is 22.8 Å². The predicted octanol–water partition coefficient (Wildman–Crippen LogP) is 2.46. The Morgan fingerprint density at radius 1 is 1.08 bits per heavy atom. The van der Waals surface area contributed by atoms with Crippen LogP contribution in [0.2, 0.25) is 0 Å². The average molecular weight is 352 g/mol. The maximum atomic E-state index is 12.3. The third-order valence-electron chi connectivity index (χ3n) is 3.95. The van der Waals surface area contributed by atoms with Gasteiger partial charge in [0.15, 0.2) is 11.5 Å². The number of H-pyrrole nitrogens is 1. The molecule has 0 radical (unpaired) electrons. The lowest BCUT2D eigenvalue weighted by Gasteiger charge is -2.08. The molecule has 0 aliphatic carbocycles. The molecule has 0 atom stereocenters. The third-order valence-corrected chi connectivity index (χ3v) is 3.95. The summed E-state index contributed by atoms with van der Waals surface area (Å²) in [5.74, 6) is 1.05.